The monoisotopic (exact) mass is 335 g/mol. The van der Waals surface area contributed by atoms with Crippen LogP contribution in [0, 0.1) is 0 Å². The lowest BCUT2D eigenvalue weighted by Crippen LogP contribution is -1.95. The van der Waals surface area contributed by atoms with Crippen molar-refractivity contribution in [2.75, 3.05) is 0 Å². The average Bonchev–Trinajstić information content (AvgIpc) is 2.66. The van der Waals surface area contributed by atoms with Crippen molar-refractivity contribution in [2.24, 2.45) is 0 Å². The van der Waals surface area contributed by atoms with Crippen LogP contribution in [0.5, 0.6) is 5.88 Å². The first-order valence-corrected chi connectivity index (χ1v) is 6.40. The number of carbonyl (C=O) groups is 1. The number of thioether (sulfide) groups is 1. The highest BCUT2D eigenvalue weighted by molar-refractivity contribution is 14.1. The number of fused-ring (bicyclic) bond motifs is 1. The van der Waals surface area contributed by atoms with E-state index in [1.165, 1.54) is 22.9 Å². The Labute approximate surface area is 107 Å². The maximum Gasteiger partial charge on any atom is 0.228 e. The molecular weight excluding hydrogens is 325 g/mol. The molecule has 0 radical (unpaired) electrons. The predicted molar refractivity (Wildman–Crippen MR) is 67.4 cm³/mol. The predicted octanol–water partition coefficient (Wildman–Crippen LogP) is 2.94. The SMILES string of the molecule is CC(=O)Sc1cnc(OI)c2c1CCC2. The Hall–Kier alpha value is -0.300. The van der Waals surface area contributed by atoms with E-state index in [4.69, 9.17) is 3.07 Å². The Balaban J connectivity index is 2.42. The van der Waals surface area contributed by atoms with Crippen LogP contribution in [0.15, 0.2) is 11.1 Å². The summed E-state index contributed by atoms with van der Waals surface area (Å²) in [5.74, 6) is 0.705. The Kier molecular flexibility index (Phi) is 3.50. The van der Waals surface area contributed by atoms with E-state index in [1.54, 1.807) is 13.1 Å². The summed E-state index contributed by atoms with van der Waals surface area (Å²) in [5.41, 5.74) is 2.42. The molecule has 3 nitrogen and oxygen atoms in total. The first kappa shape index (κ1) is 11.2. The summed E-state index contributed by atoms with van der Waals surface area (Å²) in [4.78, 5) is 16.3. The molecule has 0 N–H and O–H groups in total. The quantitative estimate of drug-likeness (QED) is 0.615. The van der Waals surface area contributed by atoms with E-state index in [2.05, 4.69) is 4.98 Å². The van der Waals surface area contributed by atoms with E-state index in [-0.39, 0.29) is 5.12 Å². The average molecular weight is 335 g/mol. The second kappa shape index (κ2) is 4.69. The largest absolute Gasteiger partial charge is 0.408 e. The van der Waals surface area contributed by atoms with Crippen molar-refractivity contribution in [3.8, 4) is 5.88 Å². The number of aromatic nitrogens is 1. The first-order chi connectivity index (χ1) is 7.22. The molecule has 1 heterocycles. The number of halogens is 1. The molecule has 0 spiro atoms. The normalized spacial score (nSPS) is 13.7. The molecule has 1 aliphatic carbocycles. The second-order valence-electron chi connectivity index (χ2n) is 3.41. The lowest BCUT2D eigenvalue weighted by atomic mass is 10.2. The number of nitrogens with zero attached hydrogens (tertiary/aromatic N) is 1. The Morgan fingerprint density at radius 2 is 2.27 bits per heavy atom. The van der Waals surface area contributed by atoms with Gasteiger partial charge in [-0.25, -0.2) is 4.98 Å². The fraction of sp³-hybridized carbons (Fsp3) is 0.400. The van der Waals surface area contributed by atoms with Gasteiger partial charge in [-0.3, -0.25) is 4.79 Å². The number of rotatable bonds is 2. The van der Waals surface area contributed by atoms with Crippen LogP contribution in [0.4, 0.5) is 0 Å². The van der Waals surface area contributed by atoms with Crippen LogP contribution in [0.2, 0.25) is 0 Å². The van der Waals surface area contributed by atoms with Crippen LogP contribution in [-0.4, -0.2) is 10.1 Å². The van der Waals surface area contributed by atoms with Gasteiger partial charge in [0.2, 0.25) is 5.88 Å². The number of carbonyl (C=O) groups excluding carboxylic acids is 1. The second-order valence-corrected chi connectivity index (χ2v) is 5.07. The molecule has 15 heavy (non-hydrogen) atoms. The summed E-state index contributed by atoms with van der Waals surface area (Å²) >= 11 is 3.11. The number of hydrogen-bond donors (Lipinski definition) is 0. The van der Waals surface area contributed by atoms with Crippen LogP contribution >= 0.6 is 34.8 Å². The Morgan fingerprint density at radius 3 is 2.93 bits per heavy atom. The lowest BCUT2D eigenvalue weighted by Gasteiger charge is -2.08. The van der Waals surface area contributed by atoms with Gasteiger partial charge in [-0.2, -0.15) is 0 Å². The fourth-order valence-corrected chi connectivity index (χ4v) is 2.98. The van der Waals surface area contributed by atoms with Crippen molar-refractivity contribution in [2.45, 2.75) is 31.1 Å². The lowest BCUT2D eigenvalue weighted by molar-refractivity contribution is -0.109. The van der Waals surface area contributed by atoms with Crippen LogP contribution in [0.3, 0.4) is 0 Å². The molecule has 0 atom stereocenters. The standard InChI is InChI=1S/C10H10INO2S/c1-6(13)15-9-5-12-10(14-11)8-4-2-3-7(8)9/h5H,2-4H2,1H3. The minimum Gasteiger partial charge on any atom is -0.408 e. The molecule has 5 heteroatoms. The van der Waals surface area contributed by atoms with E-state index < -0.39 is 0 Å². The summed E-state index contributed by atoms with van der Waals surface area (Å²) < 4.78 is 5.18. The minimum absolute atomic E-state index is 0.106. The van der Waals surface area contributed by atoms with Gasteiger partial charge in [0, 0.05) is 23.6 Å². The van der Waals surface area contributed by atoms with E-state index in [9.17, 15) is 4.79 Å². The van der Waals surface area contributed by atoms with Gasteiger partial charge in [0.05, 0.1) is 0 Å². The molecule has 0 unspecified atom stereocenters. The van der Waals surface area contributed by atoms with Gasteiger partial charge in [0.15, 0.2) is 28.1 Å². The summed E-state index contributed by atoms with van der Waals surface area (Å²) in [7, 11) is 0. The van der Waals surface area contributed by atoms with Crippen LogP contribution < -0.4 is 3.07 Å². The van der Waals surface area contributed by atoms with Crippen molar-refractivity contribution in [1.82, 2.24) is 4.98 Å². The zero-order chi connectivity index (χ0) is 10.8. The van der Waals surface area contributed by atoms with Crippen molar-refractivity contribution >= 4 is 39.9 Å². The first-order valence-electron chi connectivity index (χ1n) is 4.70. The van der Waals surface area contributed by atoms with Crippen LogP contribution in [-0.2, 0) is 17.6 Å². The third kappa shape index (κ3) is 2.28. The van der Waals surface area contributed by atoms with Gasteiger partial charge >= 0.3 is 0 Å². The third-order valence-corrected chi connectivity index (χ3v) is 3.68. The van der Waals surface area contributed by atoms with Gasteiger partial charge in [0.1, 0.15) is 0 Å². The Bertz CT molecular complexity index is 409. The molecular formula is C10H10INO2S. The van der Waals surface area contributed by atoms with Gasteiger partial charge in [0.25, 0.3) is 0 Å². The molecule has 2 rings (SSSR count). The van der Waals surface area contributed by atoms with E-state index in [0.717, 1.165) is 24.2 Å². The molecule has 1 aromatic heterocycles. The number of pyridine rings is 1. The zero-order valence-electron chi connectivity index (χ0n) is 8.25. The molecule has 0 saturated carbocycles. The van der Waals surface area contributed by atoms with Gasteiger partial charge in [-0.05, 0) is 24.8 Å². The Morgan fingerprint density at radius 1 is 1.53 bits per heavy atom. The van der Waals surface area contributed by atoms with Gasteiger partial charge in [-0.15, -0.1) is 0 Å². The van der Waals surface area contributed by atoms with Crippen molar-refractivity contribution in [1.29, 1.82) is 0 Å². The van der Waals surface area contributed by atoms with Gasteiger partial charge in [-0.1, -0.05) is 11.8 Å². The highest BCUT2D eigenvalue weighted by atomic mass is 127. The zero-order valence-corrected chi connectivity index (χ0v) is 11.2. The summed E-state index contributed by atoms with van der Waals surface area (Å²) in [6.45, 7) is 1.58. The minimum atomic E-state index is 0.106. The molecule has 0 fully saturated rings. The van der Waals surface area contributed by atoms with Crippen LogP contribution in [0.25, 0.3) is 0 Å². The fourth-order valence-electron chi connectivity index (χ4n) is 1.83. The molecule has 0 aliphatic heterocycles. The topological polar surface area (TPSA) is 39.2 Å². The van der Waals surface area contributed by atoms with E-state index in [0.29, 0.717) is 5.88 Å². The van der Waals surface area contributed by atoms with Crippen molar-refractivity contribution < 1.29 is 7.86 Å². The summed E-state index contributed by atoms with van der Waals surface area (Å²) in [6.07, 6.45) is 4.90. The van der Waals surface area contributed by atoms with E-state index >= 15 is 0 Å². The molecule has 80 valence electrons. The van der Waals surface area contributed by atoms with Crippen LogP contribution in [0.1, 0.15) is 24.5 Å². The molecule has 1 aliphatic rings. The molecule has 0 aromatic carbocycles. The smallest absolute Gasteiger partial charge is 0.228 e. The highest BCUT2D eigenvalue weighted by Gasteiger charge is 2.21. The number of hydrogen-bond acceptors (Lipinski definition) is 4. The van der Waals surface area contributed by atoms with Crippen molar-refractivity contribution in [3.63, 3.8) is 0 Å². The molecule has 0 amide bonds. The molecule has 1 aromatic rings. The van der Waals surface area contributed by atoms with Gasteiger partial charge < -0.3 is 3.07 Å². The highest BCUT2D eigenvalue weighted by Crippen LogP contribution is 2.36. The molecule has 0 saturated heterocycles. The summed E-state index contributed by atoms with van der Waals surface area (Å²) in [5, 5.41) is 0.106. The summed E-state index contributed by atoms with van der Waals surface area (Å²) in [6, 6.07) is 0. The third-order valence-electron chi connectivity index (χ3n) is 2.40. The maximum absolute atomic E-state index is 11.1. The molecule has 0 bridgehead atoms. The van der Waals surface area contributed by atoms with E-state index in [1.807, 2.05) is 23.0 Å². The maximum atomic E-state index is 11.1. The van der Waals surface area contributed by atoms with Crippen molar-refractivity contribution in [3.05, 3.63) is 17.3 Å².